The molecule has 22 heavy (non-hydrogen) atoms. The van der Waals surface area contributed by atoms with Crippen molar-refractivity contribution >= 4 is 42.6 Å². The Balaban J connectivity index is 2.09. The summed E-state index contributed by atoms with van der Waals surface area (Å²) < 4.78 is 18.5. The number of hydrogen-bond donors (Lipinski definition) is 0. The Labute approximate surface area is 147 Å². The molecule has 2 aromatic rings. The predicted octanol–water partition coefficient (Wildman–Crippen LogP) is 4.98. The van der Waals surface area contributed by atoms with Crippen LogP contribution in [0.4, 0.5) is 0 Å². The molecule has 0 amide bonds. The first-order valence-corrected chi connectivity index (χ1v) is 8.99. The van der Waals surface area contributed by atoms with Gasteiger partial charge in [0.15, 0.2) is 0 Å². The van der Waals surface area contributed by atoms with E-state index in [1.54, 1.807) is 7.11 Å². The van der Waals surface area contributed by atoms with Crippen LogP contribution in [-0.2, 0) is 15.3 Å². The van der Waals surface area contributed by atoms with Crippen molar-refractivity contribution in [2.45, 2.75) is 25.2 Å². The molecule has 0 aromatic heterocycles. The van der Waals surface area contributed by atoms with E-state index in [0.29, 0.717) is 11.9 Å². The molecule has 1 aliphatic heterocycles. The second kappa shape index (κ2) is 5.78. The first-order chi connectivity index (χ1) is 10.4. The SMILES string of the molecule is COc1ccc2cc(C3(CBr)OCC(C)(C)O3)ccc2c1Br. The summed E-state index contributed by atoms with van der Waals surface area (Å²) in [5.41, 5.74) is 0.725. The Kier molecular flexibility index (Phi) is 4.27. The maximum Gasteiger partial charge on any atom is 0.205 e. The van der Waals surface area contributed by atoms with Gasteiger partial charge in [0.1, 0.15) is 5.75 Å². The molecule has 0 bridgehead atoms. The smallest absolute Gasteiger partial charge is 0.205 e. The van der Waals surface area contributed by atoms with Crippen LogP contribution in [-0.4, -0.2) is 24.6 Å². The van der Waals surface area contributed by atoms with E-state index in [4.69, 9.17) is 14.2 Å². The van der Waals surface area contributed by atoms with Crippen LogP contribution < -0.4 is 4.74 Å². The minimum Gasteiger partial charge on any atom is -0.496 e. The number of alkyl halides is 1. The summed E-state index contributed by atoms with van der Waals surface area (Å²) in [6, 6.07) is 10.2. The Morgan fingerprint density at radius 3 is 2.59 bits per heavy atom. The molecule has 1 atom stereocenters. The van der Waals surface area contributed by atoms with Gasteiger partial charge in [-0.2, -0.15) is 0 Å². The zero-order valence-corrected chi connectivity index (χ0v) is 16.0. The number of hydrogen-bond acceptors (Lipinski definition) is 3. The summed E-state index contributed by atoms with van der Waals surface area (Å²) >= 11 is 7.15. The molecule has 0 spiro atoms. The first kappa shape index (κ1) is 16.2. The van der Waals surface area contributed by atoms with Gasteiger partial charge in [0.05, 0.1) is 29.1 Å². The largest absolute Gasteiger partial charge is 0.496 e. The van der Waals surface area contributed by atoms with E-state index in [2.05, 4.69) is 50.1 Å². The molecule has 118 valence electrons. The molecule has 1 fully saturated rings. The Morgan fingerprint density at radius 1 is 1.23 bits per heavy atom. The highest BCUT2D eigenvalue weighted by atomic mass is 79.9. The lowest BCUT2D eigenvalue weighted by Gasteiger charge is -2.28. The molecule has 2 aromatic carbocycles. The van der Waals surface area contributed by atoms with Crippen molar-refractivity contribution in [3.05, 3.63) is 40.4 Å². The molecule has 0 N–H and O–H groups in total. The second-order valence-electron chi connectivity index (χ2n) is 6.05. The van der Waals surface area contributed by atoms with E-state index in [9.17, 15) is 0 Å². The van der Waals surface area contributed by atoms with Crippen molar-refractivity contribution in [3.63, 3.8) is 0 Å². The zero-order valence-electron chi connectivity index (χ0n) is 12.8. The summed E-state index contributed by atoms with van der Waals surface area (Å²) in [5, 5.41) is 2.80. The van der Waals surface area contributed by atoms with Crippen molar-refractivity contribution in [2.75, 3.05) is 19.0 Å². The van der Waals surface area contributed by atoms with E-state index >= 15 is 0 Å². The highest BCUT2D eigenvalue weighted by Gasteiger charge is 2.46. The normalized spacial score (nSPS) is 23.9. The fourth-order valence-electron chi connectivity index (χ4n) is 2.75. The molecule has 5 heteroatoms. The number of benzene rings is 2. The van der Waals surface area contributed by atoms with E-state index in [1.165, 1.54) is 0 Å². The number of fused-ring (bicyclic) bond motifs is 1. The lowest BCUT2D eigenvalue weighted by atomic mass is 10.0. The van der Waals surface area contributed by atoms with Gasteiger partial charge in [-0.15, -0.1) is 0 Å². The number of methoxy groups -OCH3 is 1. The summed E-state index contributed by atoms with van der Waals surface area (Å²) in [7, 11) is 1.67. The summed E-state index contributed by atoms with van der Waals surface area (Å²) in [4.78, 5) is 0. The Bertz CT molecular complexity index is 714. The maximum absolute atomic E-state index is 6.19. The van der Waals surface area contributed by atoms with Crippen LogP contribution in [0.5, 0.6) is 5.75 Å². The topological polar surface area (TPSA) is 27.7 Å². The minimum atomic E-state index is -0.732. The third-order valence-electron chi connectivity index (χ3n) is 3.85. The van der Waals surface area contributed by atoms with Gasteiger partial charge < -0.3 is 14.2 Å². The van der Waals surface area contributed by atoms with Gasteiger partial charge in [0.2, 0.25) is 5.79 Å². The monoisotopic (exact) mass is 428 g/mol. The number of rotatable bonds is 3. The molecule has 1 aliphatic rings. The van der Waals surface area contributed by atoms with Gasteiger partial charge in [-0.05, 0) is 52.7 Å². The second-order valence-corrected chi connectivity index (χ2v) is 7.41. The average Bonchev–Trinajstić information content (AvgIpc) is 2.84. The third-order valence-corrected chi connectivity index (χ3v) is 5.40. The molecular formula is C17H18Br2O3. The highest BCUT2D eigenvalue weighted by Crippen LogP contribution is 2.42. The molecule has 3 nitrogen and oxygen atoms in total. The van der Waals surface area contributed by atoms with E-state index < -0.39 is 5.79 Å². The van der Waals surface area contributed by atoms with Crippen molar-refractivity contribution in [3.8, 4) is 5.75 Å². The van der Waals surface area contributed by atoms with E-state index in [0.717, 1.165) is 26.6 Å². The van der Waals surface area contributed by atoms with Gasteiger partial charge in [-0.1, -0.05) is 34.1 Å². The van der Waals surface area contributed by atoms with Gasteiger partial charge in [0.25, 0.3) is 0 Å². The molecule has 3 rings (SSSR count). The van der Waals surface area contributed by atoms with Crippen molar-refractivity contribution in [1.82, 2.24) is 0 Å². The lowest BCUT2D eigenvalue weighted by Crippen LogP contribution is -2.32. The lowest BCUT2D eigenvalue weighted by molar-refractivity contribution is -0.171. The van der Waals surface area contributed by atoms with Crippen molar-refractivity contribution < 1.29 is 14.2 Å². The van der Waals surface area contributed by atoms with Crippen LogP contribution >= 0.6 is 31.9 Å². The Hall–Kier alpha value is -0.620. The minimum absolute atomic E-state index is 0.288. The predicted molar refractivity (Wildman–Crippen MR) is 94.8 cm³/mol. The molecule has 0 aliphatic carbocycles. The first-order valence-electron chi connectivity index (χ1n) is 7.08. The standard InChI is InChI=1S/C17H18Br2O3/c1-16(2)10-21-17(9-18,22-16)12-5-6-13-11(8-12)4-7-14(20-3)15(13)19/h4-8H,9-10H2,1-3H3. The third kappa shape index (κ3) is 2.68. The molecule has 1 unspecified atom stereocenters. The number of halogens is 2. The Morgan fingerprint density at radius 2 is 2.00 bits per heavy atom. The average molecular weight is 430 g/mol. The molecule has 1 saturated heterocycles. The van der Waals surface area contributed by atoms with Crippen LogP contribution in [0.1, 0.15) is 19.4 Å². The van der Waals surface area contributed by atoms with Crippen molar-refractivity contribution in [1.29, 1.82) is 0 Å². The molecule has 0 saturated carbocycles. The van der Waals surface area contributed by atoms with Crippen LogP contribution in [0.2, 0.25) is 0 Å². The molecule has 0 radical (unpaired) electrons. The summed E-state index contributed by atoms with van der Waals surface area (Å²) in [6.45, 7) is 4.66. The zero-order chi connectivity index (χ0) is 16.0. The fourth-order valence-corrected chi connectivity index (χ4v) is 4.00. The fraction of sp³-hybridized carbons (Fsp3) is 0.412. The van der Waals surface area contributed by atoms with Gasteiger partial charge in [-0.25, -0.2) is 0 Å². The van der Waals surface area contributed by atoms with Crippen LogP contribution in [0.25, 0.3) is 10.8 Å². The van der Waals surface area contributed by atoms with Crippen LogP contribution in [0.15, 0.2) is 34.8 Å². The van der Waals surface area contributed by atoms with E-state index in [1.807, 2.05) is 26.0 Å². The van der Waals surface area contributed by atoms with Crippen LogP contribution in [0, 0.1) is 0 Å². The van der Waals surface area contributed by atoms with Gasteiger partial charge in [-0.3, -0.25) is 0 Å². The summed E-state index contributed by atoms with van der Waals surface area (Å²) in [5.74, 6) is 0.0920. The van der Waals surface area contributed by atoms with Crippen molar-refractivity contribution in [2.24, 2.45) is 0 Å². The molecule has 1 heterocycles. The van der Waals surface area contributed by atoms with Gasteiger partial charge >= 0.3 is 0 Å². The van der Waals surface area contributed by atoms with Crippen LogP contribution in [0.3, 0.4) is 0 Å². The highest BCUT2D eigenvalue weighted by molar-refractivity contribution is 9.10. The quantitative estimate of drug-likeness (QED) is 0.643. The number of ether oxygens (including phenoxy) is 3. The van der Waals surface area contributed by atoms with Gasteiger partial charge in [0, 0.05) is 5.56 Å². The molecular weight excluding hydrogens is 412 g/mol. The van der Waals surface area contributed by atoms with E-state index in [-0.39, 0.29) is 5.60 Å². The maximum atomic E-state index is 6.19. The summed E-state index contributed by atoms with van der Waals surface area (Å²) in [6.07, 6.45) is 0.